The SMILES string of the molecule is Cc1ccc(C)c(OB=N)c1. The fourth-order valence-corrected chi connectivity index (χ4v) is 0.898. The van der Waals surface area contributed by atoms with E-state index in [9.17, 15) is 0 Å². The normalized spacial score (nSPS) is 8.91. The summed E-state index contributed by atoms with van der Waals surface area (Å²) in [5.41, 5.74) is 2.20. The Morgan fingerprint density at radius 1 is 1.36 bits per heavy atom. The zero-order chi connectivity index (χ0) is 8.27. The topological polar surface area (TPSA) is 33.1 Å². The molecular formula is C8H10BNO. The third-order valence-corrected chi connectivity index (χ3v) is 1.53. The van der Waals surface area contributed by atoms with Gasteiger partial charge in [-0.05, 0) is 0 Å². The van der Waals surface area contributed by atoms with E-state index in [1.807, 2.05) is 32.0 Å². The summed E-state index contributed by atoms with van der Waals surface area (Å²) in [4.78, 5) is 0. The molecular weight excluding hydrogens is 137 g/mol. The first-order valence-electron chi connectivity index (χ1n) is 3.47. The molecule has 1 aromatic carbocycles. The second kappa shape index (κ2) is 3.33. The van der Waals surface area contributed by atoms with Crippen LogP contribution in [0, 0.1) is 19.2 Å². The number of aryl methyl sites for hydroxylation is 2. The summed E-state index contributed by atoms with van der Waals surface area (Å²) in [6.45, 7) is 3.95. The summed E-state index contributed by atoms with van der Waals surface area (Å²) in [6.07, 6.45) is 0. The number of hydrogen-bond acceptors (Lipinski definition) is 2. The van der Waals surface area contributed by atoms with Crippen molar-refractivity contribution in [2.45, 2.75) is 13.8 Å². The molecule has 0 aliphatic rings. The van der Waals surface area contributed by atoms with E-state index in [1.54, 1.807) is 0 Å². The van der Waals surface area contributed by atoms with Gasteiger partial charge in [-0.3, -0.25) is 0 Å². The van der Waals surface area contributed by atoms with E-state index in [0.29, 0.717) is 0 Å². The van der Waals surface area contributed by atoms with Crippen molar-refractivity contribution in [1.29, 1.82) is 5.31 Å². The molecule has 0 unspecified atom stereocenters. The molecule has 56 valence electrons. The molecule has 1 rings (SSSR count). The van der Waals surface area contributed by atoms with E-state index >= 15 is 0 Å². The zero-order valence-corrected chi connectivity index (χ0v) is 6.72. The van der Waals surface area contributed by atoms with Crippen molar-refractivity contribution in [1.82, 2.24) is 0 Å². The molecule has 0 fully saturated rings. The molecule has 0 radical (unpaired) electrons. The van der Waals surface area contributed by atoms with E-state index in [-0.39, 0.29) is 0 Å². The zero-order valence-electron chi connectivity index (χ0n) is 6.72. The van der Waals surface area contributed by atoms with Gasteiger partial charge in [0.2, 0.25) is 0 Å². The molecule has 0 aliphatic carbocycles. The minimum atomic E-state index is 0.764. The Labute approximate surface area is 67.0 Å². The summed E-state index contributed by atoms with van der Waals surface area (Å²) in [5, 5.41) is 6.76. The standard InChI is InChI=1S/C8H10BNO/c1-6-3-4-7(2)8(5-6)11-9-10/h3-5,10H,1-2H3. The molecule has 1 aromatic rings. The Morgan fingerprint density at radius 3 is 2.73 bits per heavy atom. The Morgan fingerprint density at radius 2 is 2.09 bits per heavy atom. The number of benzene rings is 1. The van der Waals surface area contributed by atoms with Crippen LogP contribution in [0.4, 0.5) is 0 Å². The first-order valence-corrected chi connectivity index (χ1v) is 3.47. The summed E-state index contributed by atoms with van der Waals surface area (Å²) in [6, 6.07) is 5.92. The first kappa shape index (κ1) is 7.99. The summed E-state index contributed by atoms with van der Waals surface area (Å²) in [7, 11) is 0.946. The monoisotopic (exact) mass is 147 g/mol. The molecule has 0 aromatic heterocycles. The van der Waals surface area contributed by atoms with Crippen LogP contribution in [0.3, 0.4) is 0 Å². The van der Waals surface area contributed by atoms with Gasteiger partial charge in [-0.2, -0.15) is 0 Å². The molecule has 3 heteroatoms. The fraction of sp³-hybridized carbons (Fsp3) is 0.250. The van der Waals surface area contributed by atoms with E-state index in [0.717, 1.165) is 24.2 Å². The van der Waals surface area contributed by atoms with Crippen LogP contribution in [-0.2, 0) is 0 Å². The van der Waals surface area contributed by atoms with Crippen molar-refractivity contribution in [2.24, 2.45) is 0 Å². The van der Waals surface area contributed by atoms with Gasteiger partial charge < -0.3 is 0 Å². The summed E-state index contributed by atoms with van der Waals surface area (Å²) in [5.74, 6) is 0.764. The molecule has 0 amide bonds. The second-order valence-electron chi connectivity index (χ2n) is 2.50. The van der Waals surface area contributed by atoms with Crippen LogP contribution in [0.1, 0.15) is 11.1 Å². The molecule has 0 saturated heterocycles. The van der Waals surface area contributed by atoms with E-state index in [4.69, 9.17) is 9.97 Å². The predicted molar refractivity (Wildman–Crippen MR) is 45.0 cm³/mol. The molecule has 1 N–H and O–H groups in total. The van der Waals surface area contributed by atoms with Crippen molar-refractivity contribution in [2.75, 3.05) is 0 Å². The van der Waals surface area contributed by atoms with Crippen molar-refractivity contribution in [3.05, 3.63) is 29.3 Å². The Kier molecular flexibility index (Phi) is 2.42. The summed E-state index contributed by atoms with van der Waals surface area (Å²) >= 11 is 0. The quantitative estimate of drug-likeness (QED) is 0.638. The molecule has 0 saturated carbocycles. The Bertz CT molecular complexity index is 273. The summed E-state index contributed by atoms with van der Waals surface area (Å²) < 4.78 is 4.96. The molecule has 11 heavy (non-hydrogen) atoms. The third kappa shape index (κ3) is 1.90. The minimum absolute atomic E-state index is 0.764. The van der Waals surface area contributed by atoms with Crippen molar-refractivity contribution in [3.8, 4) is 5.75 Å². The Hall–Kier alpha value is -1.12. The maximum absolute atomic E-state index is 6.76. The van der Waals surface area contributed by atoms with Gasteiger partial charge >= 0.3 is 66.2 Å². The third-order valence-electron chi connectivity index (χ3n) is 1.53. The number of rotatable bonds is 2. The van der Waals surface area contributed by atoms with Crippen LogP contribution in [-0.4, -0.2) is 7.27 Å². The average molecular weight is 147 g/mol. The van der Waals surface area contributed by atoms with E-state index < -0.39 is 0 Å². The number of nitrogens with one attached hydrogen (secondary N) is 1. The fourth-order valence-electron chi connectivity index (χ4n) is 0.898. The first-order chi connectivity index (χ1) is 5.24. The van der Waals surface area contributed by atoms with Gasteiger partial charge in [0.05, 0.1) is 0 Å². The van der Waals surface area contributed by atoms with Gasteiger partial charge in [0.15, 0.2) is 0 Å². The van der Waals surface area contributed by atoms with Gasteiger partial charge in [0, 0.05) is 0 Å². The molecule has 0 bridgehead atoms. The molecule has 2 nitrogen and oxygen atoms in total. The van der Waals surface area contributed by atoms with Crippen LogP contribution in [0.15, 0.2) is 18.2 Å². The maximum atomic E-state index is 6.76. The molecule has 0 heterocycles. The average Bonchev–Trinajstić information content (AvgIpc) is 1.98. The van der Waals surface area contributed by atoms with Crippen LogP contribution in [0.25, 0.3) is 0 Å². The van der Waals surface area contributed by atoms with Crippen molar-refractivity contribution < 1.29 is 4.65 Å². The second-order valence-corrected chi connectivity index (χ2v) is 2.50. The van der Waals surface area contributed by atoms with Gasteiger partial charge in [-0.25, -0.2) is 0 Å². The van der Waals surface area contributed by atoms with Gasteiger partial charge in [-0.1, -0.05) is 0 Å². The number of hydrogen-bond donors (Lipinski definition) is 1. The van der Waals surface area contributed by atoms with E-state index in [1.165, 1.54) is 0 Å². The molecule has 0 aliphatic heterocycles. The molecule has 0 atom stereocenters. The predicted octanol–water partition coefficient (Wildman–Crippen LogP) is 2.06. The van der Waals surface area contributed by atoms with Crippen molar-refractivity contribution >= 4 is 7.27 Å². The van der Waals surface area contributed by atoms with Crippen LogP contribution in [0.2, 0.25) is 0 Å². The van der Waals surface area contributed by atoms with Crippen LogP contribution >= 0.6 is 0 Å². The molecule has 0 spiro atoms. The van der Waals surface area contributed by atoms with Gasteiger partial charge in [-0.15, -0.1) is 0 Å². The van der Waals surface area contributed by atoms with Crippen LogP contribution in [0.5, 0.6) is 5.75 Å². The van der Waals surface area contributed by atoms with Gasteiger partial charge in [0.1, 0.15) is 0 Å². The van der Waals surface area contributed by atoms with Crippen LogP contribution < -0.4 is 4.65 Å². The van der Waals surface area contributed by atoms with E-state index in [2.05, 4.69) is 0 Å². The van der Waals surface area contributed by atoms with Gasteiger partial charge in [0.25, 0.3) is 0 Å². The van der Waals surface area contributed by atoms with Crippen molar-refractivity contribution in [3.63, 3.8) is 0 Å². The Balaban J connectivity index is 3.01.